The molecule has 44 heavy (non-hydrogen) atoms. The molecule has 2 aromatic carbocycles. The number of carbonyl (C=O) groups excluding carboxylic acids is 2. The summed E-state index contributed by atoms with van der Waals surface area (Å²) in [4.78, 5) is 29.6. The van der Waals surface area contributed by atoms with Crippen molar-refractivity contribution in [2.24, 2.45) is 11.3 Å². The van der Waals surface area contributed by atoms with Gasteiger partial charge < -0.3 is 24.5 Å². The number of hydrogen-bond donors (Lipinski definition) is 1. The van der Waals surface area contributed by atoms with Gasteiger partial charge in [0.15, 0.2) is 0 Å². The van der Waals surface area contributed by atoms with Crippen molar-refractivity contribution in [3.05, 3.63) is 58.6 Å². The van der Waals surface area contributed by atoms with Gasteiger partial charge in [-0.05, 0) is 49.6 Å². The molecular formula is C30H30ClF6N3O4. The maximum absolute atomic E-state index is 14.1. The van der Waals surface area contributed by atoms with E-state index in [1.54, 1.807) is 26.2 Å². The van der Waals surface area contributed by atoms with Crippen molar-refractivity contribution < 1.29 is 45.8 Å². The number of rotatable bonds is 8. The van der Waals surface area contributed by atoms with Gasteiger partial charge in [0.2, 0.25) is 0 Å². The van der Waals surface area contributed by atoms with Crippen LogP contribution in [-0.4, -0.2) is 80.0 Å². The molecule has 0 aromatic heterocycles. The first-order valence-corrected chi connectivity index (χ1v) is 14.0. The van der Waals surface area contributed by atoms with E-state index in [1.165, 1.54) is 4.90 Å². The van der Waals surface area contributed by atoms with E-state index in [2.05, 4.69) is 21.5 Å². The maximum atomic E-state index is 14.1. The Kier molecular flexibility index (Phi) is 9.11. The molecule has 1 spiro atoms. The first kappa shape index (κ1) is 33.3. The molecule has 1 heterocycles. The molecule has 0 bridgehead atoms. The van der Waals surface area contributed by atoms with Crippen LogP contribution < -0.4 is 9.64 Å². The molecule has 1 aliphatic heterocycles. The summed E-state index contributed by atoms with van der Waals surface area (Å²) < 4.78 is 83.9. The number of ether oxygens (including phenoxy) is 1. The zero-order valence-corrected chi connectivity index (χ0v) is 24.8. The Morgan fingerprint density at radius 2 is 1.73 bits per heavy atom. The van der Waals surface area contributed by atoms with Crippen LogP contribution in [0.3, 0.4) is 0 Å². The Labute approximate surface area is 255 Å². The van der Waals surface area contributed by atoms with Crippen molar-refractivity contribution in [1.82, 2.24) is 9.80 Å². The van der Waals surface area contributed by atoms with E-state index < -0.39 is 40.8 Å². The lowest BCUT2D eigenvalue weighted by Gasteiger charge is -2.46. The van der Waals surface area contributed by atoms with Crippen molar-refractivity contribution in [3.8, 4) is 17.6 Å². The van der Waals surface area contributed by atoms with Gasteiger partial charge in [0.25, 0.3) is 17.4 Å². The molecule has 2 atom stereocenters. The highest BCUT2D eigenvalue weighted by Gasteiger charge is 2.62. The van der Waals surface area contributed by atoms with Crippen LogP contribution in [0.1, 0.15) is 35.2 Å². The topological polar surface area (TPSA) is 73.3 Å². The molecule has 1 aliphatic carbocycles. The van der Waals surface area contributed by atoms with E-state index in [0.717, 1.165) is 24.9 Å². The quantitative estimate of drug-likeness (QED) is 0.305. The minimum absolute atomic E-state index is 0.183. The van der Waals surface area contributed by atoms with Crippen molar-refractivity contribution in [1.29, 1.82) is 0 Å². The summed E-state index contributed by atoms with van der Waals surface area (Å²) in [6, 6.07) is 7.86. The number of likely N-dealkylation sites (N-methyl/N-ethyl adjacent to an activating group) is 1. The van der Waals surface area contributed by atoms with E-state index in [9.17, 15) is 41.0 Å². The molecule has 4 rings (SSSR count). The van der Waals surface area contributed by atoms with Crippen LogP contribution in [0.5, 0.6) is 5.75 Å². The largest absolute Gasteiger partial charge is 0.573 e. The first-order chi connectivity index (χ1) is 20.4. The highest BCUT2D eigenvalue weighted by molar-refractivity contribution is 6.34. The summed E-state index contributed by atoms with van der Waals surface area (Å²) in [6.45, 7) is 1.04. The third-order valence-corrected chi connectivity index (χ3v) is 8.39. The molecule has 0 saturated carbocycles. The molecule has 2 unspecified atom stereocenters. The fourth-order valence-electron chi connectivity index (χ4n) is 5.51. The van der Waals surface area contributed by atoms with Gasteiger partial charge in [-0.3, -0.25) is 9.59 Å². The lowest BCUT2D eigenvalue weighted by Crippen LogP contribution is -2.55. The zero-order chi connectivity index (χ0) is 32.7. The molecule has 1 N–H and O–H groups in total. The minimum atomic E-state index is -5.54. The van der Waals surface area contributed by atoms with Gasteiger partial charge >= 0.3 is 12.5 Å². The standard InChI is InChI=1S/C30H30ClF6N3O4/c1-38(2)25(41)23-8-7-21(18-24(23)31)40-15-12-27(13-16-40)11-9-19(27)10-14-39(3)26(42)28(43,29(32,33)34)20-5-4-6-22(17-20)44-30(35,36)37/h4-8,17-19,43H,10,12-16H2,1-3H3. The number of halogens is 7. The van der Waals surface area contributed by atoms with Crippen LogP contribution in [-0.2, 0) is 10.4 Å². The fraction of sp³-hybridized carbons (Fsp3) is 0.467. The number of carbonyl (C=O) groups is 2. The summed E-state index contributed by atoms with van der Waals surface area (Å²) >= 11 is 6.37. The summed E-state index contributed by atoms with van der Waals surface area (Å²) in [5.41, 5.74) is -4.37. The van der Waals surface area contributed by atoms with Gasteiger partial charge in [-0.1, -0.05) is 35.6 Å². The third kappa shape index (κ3) is 6.56. The molecule has 2 aliphatic rings. The second-order valence-corrected chi connectivity index (χ2v) is 11.5. The van der Waals surface area contributed by atoms with Gasteiger partial charge in [0, 0.05) is 63.4 Å². The summed E-state index contributed by atoms with van der Waals surface area (Å²) in [6.07, 6.45) is -9.20. The summed E-state index contributed by atoms with van der Waals surface area (Å²) in [5.74, 6) is 3.07. The van der Waals surface area contributed by atoms with Crippen LogP contribution in [0.4, 0.5) is 32.0 Å². The Bertz CT molecular complexity index is 1480. The first-order valence-electron chi connectivity index (χ1n) is 13.6. The third-order valence-electron chi connectivity index (χ3n) is 8.08. The molecule has 1 saturated heterocycles. The molecular weight excluding hydrogens is 616 g/mol. The number of piperidine rings is 1. The van der Waals surface area contributed by atoms with Crippen LogP contribution in [0, 0.1) is 23.2 Å². The number of amides is 2. The molecule has 2 aromatic rings. The highest BCUT2D eigenvalue weighted by atomic mass is 35.5. The molecule has 14 heteroatoms. The minimum Gasteiger partial charge on any atom is -0.406 e. The van der Waals surface area contributed by atoms with Gasteiger partial charge in [0.1, 0.15) is 5.75 Å². The Hall–Kier alpha value is -3.63. The van der Waals surface area contributed by atoms with Crippen molar-refractivity contribution in [2.75, 3.05) is 45.7 Å². The van der Waals surface area contributed by atoms with E-state index in [0.29, 0.717) is 53.5 Å². The summed E-state index contributed by atoms with van der Waals surface area (Å²) in [5, 5.41) is 11.0. The molecule has 1 fully saturated rings. The Morgan fingerprint density at radius 1 is 1.07 bits per heavy atom. The molecule has 2 amide bonds. The smallest absolute Gasteiger partial charge is 0.406 e. The average molecular weight is 646 g/mol. The number of anilines is 1. The predicted molar refractivity (Wildman–Crippen MR) is 150 cm³/mol. The molecule has 0 radical (unpaired) electrons. The van der Waals surface area contributed by atoms with E-state index in [1.807, 2.05) is 6.07 Å². The normalized spacial score (nSPS) is 18.9. The van der Waals surface area contributed by atoms with Crippen LogP contribution in [0.15, 0.2) is 42.5 Å². The van der Waals surface area contributed by atoms with Crippen LogP contribution in [0.2, 0.25) is 5.02 Å². The molecule has 238 valence electrons. The average Bonchev–Trinajstić information content (AvgIpc) is 2.94. The Morgan fingerprint density at radius 3 is 2.25 bits per heavy atom. The second kappa shape index (κ2) is 12.0. The van der Waals surface area contributed by atoms with Crippen molar-refractivity contribution in [3.63, 3.8) is 0 Å². The fourth-order valence-corrected chi connectivity index (χ4v) is 5.76. The van der Waals surface area contributed by atoms with Crippen molar-refractivity contribution in [2.45, 2.75) is 37.4 Å². The van der Waals surface area contributed by atoms with Crippen molar-refractivity contribution >= 4 is 29.1 Å². The number of benzene rings is 2. The number of nitrogens with zero attached hydrogens (tertiary/aromatic N) is 3. The maximum Gasteiger partial charge on any atom is 0.573 e. The Balaban J connectivity index is 1.40. The van der Waals surface area contributed by atoms with Crippen LogP contribution >= 0.6 is 11.6 Å². The van der Waals surface area contributed by atoms with Gasteiger partial charge in [-0.25, -0.2) is 0 Å². The van der Waals surface area contributed by atoms with Gasteiger partial charge in [0.05, 0.1) is 10.6 Å². The predicted octanol–water partition coefficient (Wildman–Crippen LogP) is 5.46. The van der Waals surface area contributed by atoms with Crippen LogP contribution in [0.25, 0.3) is 0 Å². The monoisotopic (exact) mass is 645 g/mol. The summed E-state index contributed by atoms with van der Waals surface area (Å²) in [7, 11) is 4.35. The lowest BCUT2D eigenvalue weighted by atomic mass is 9.62. The SMILES string of the molecule is CN(C)C(=O)c1ccc(N2CCC3(C#CC3CCN(C)C(=O)C(O)(c3cccc(OC(F)(F)F)c3)C(F)(F)F)CC2)cc1Cl. The number of hydrogen-bond acceptors (Lipinski definition) is 5. The highest BCUT2D eigenvalue weighted by Crippen LogP contribution is 2.46. The lowest BCUT2D eigenvalue weighted by molar-refractivity contribution is -0.274. The van der Waals surface area contributed by atoms with E-state index in [4.69, 9.17) is 11.6 Å². The zero-order valence-electron chi connectivity index (χ0n) is 24.0. The van der Waals surface area contributed by atoms with Gasteiger partial charge in [-0.15, -0.1) is 13.2 Å². The van der Waals surface area contributed by atoms with Gasteiger partial charge in [-0.2, -0.15) is 13.2 Å². The second-order valence-electron chi connectivity index (χ2n) is 11.1. The van der Waals surface area contributed by atoms with E-state index >= 15 is 0 Å². The molecule has 7 nitrogen and oxygen atoms in total. The number of alkyl halides is 6. The number of aliphatic hydroxyl groups is 1. The van der Waals surface area contributed by atoms with E-state index in [-0.39, 0.29) is 24.8 Å².